The zero-order valence-corrected chi connectivity index (χ0v) is 12.4. The Bertz CT molecular complexity index is 401. The molecule has 0 atom stereocenters. The summed E-state index contributed by atoms with van der Waals surface area (Å²) >= 11 is 1.71. The number of hydrogen-bond acceptors (Lipinski definition) is 2. The second-order valence-electron chi connectivity index (χ2n) is 6.39. The van der Waals surface area contributed by atoms with Gasteiger partial charge in [-0.1, -0.05) is 34.6 Å². The van der Waals surface area contributed by atoms with Gasteiger partial charge in [0.2, 0.25) is 0 Å². The summed E-state index contributed by atoms with van der Waals surface area (Å²) < 4.78 is 0. The molecule has 2 heteroatoms. The van der Waals surface area contributed by atoms with Crippen LogP contribution in [0, 0.1) is 22.2 Å². The lowest BCUT2D eigenvalue weighted by molar-refractivity contribution is 0.120. The SMILES string of the molecule is CC(C)(C)C(C)(C)CCc1csc(CC#N)c1. The number of hydrogen-bond donors (Lipinski definition) is 0. The fourth-order valence-corrected chi connectivity index (χ4v) is 2.42. The minimum Gasteiger partial charge on any atom is -0.198 e. The monoisotopic (exact) mass is 249 g/mol. The summed E-state index contributed by atoms with van der Waals surface area (Å²) in [6.45, 7) is 11.6. The molecule has 1 heterocycles. The summed E-state index contributed by atoms with van der Waals surface area (Å²) in [6, 6.07) is 4.39. The molecule has 0 aromatic carbocycles. The Morgan fingerprint density at radius 3 is 2.41 bits per heavy atom. The van der Waals surface area contributed by atoms with Crippen molar-refractivity contribution in [1.29, 1.82) is 5.26 Å². The highest BCUT2D eigenvalue weighted by Gasteiger charge is 2.32. The lowest BCUT2D eigenvalue weighted by Crippen LogP contribution is -2.30. The van der Waals surface area contributed by atoms with Crippen molar-refractivity contribution in [2.24, 2.45) is 10.8 Å². The highest BCUT2D eigenvalue weighted by atomic mass is 32.1. The number of nitriles is 1. The molecule has 0 amide bonds. The summed E-state index contributed by atoms with van der Waals surface area (Å²) in [7, 11) is 0. The molecular formula is C15H23NS. The van der Waals surface area contributed by atoms with Crippen molar-refractivity contribution in [3.05, 3.63) is 21.9 Å². The highest BCUT2D eigenvalue weighted by molar-refractivity contribution is 7.10. The van der Waals surface area contributed by atoms with E-state index in [0.717, 1.165) is 6.42 Å². The summed E-state index contributed by atoms with van der Waals surface area (Å²) in [4.78, 5) is 1.19. The third kappa shape index (κ3) is 3.85. The zero-order chi connectivity index (χ0) is 13.1. The average molecular weight is 249 g/mol. The van der Waals surface area contributed by atoms with E-state index in [9.17, 15) is 0 Å². The van der Waals surface area contributed by atoms with Crippen LogP contribution in [0.25, 0.3) is 0 Å². The number of rotatable bonds is 4. The molecule has 0 aliphatic carbocycles. The molecule has 0 aliphatic heterocycles. The van der Waals surface area contributed by atoms with Gasteiger partial charge in [-0.3, -0.25) is 0 Å². The van der Waals surface area contributed by atoms with Gasteiger partial charge in [-0.15, -0.1) is 11.3 Å². The molecule has 0 aliphatic rings. The highest BCUT2D eigenvalue weighted by Crippen LogP contribution is 2.41. The van der Waals surface area contributed by atoms with Gasteiger partial charge in [0.05, 0.1) is 12.5 Å². The van der Waals surface area contributed by atoms with Gasteiger partial charge in [0.25, 0.3) is 0 Å². The Labute approximate surface area is 109 Å². The maximum Gasteiger partial charge on any atom is 0.0695 e. The van der Waals surface area contributed by atoms with Crippen molar-refractivity contribution in [2.75, 3.05) is 0 Å². The van der Waals surface area contributed by atoms with E-state index in [1.165, 1.54) is 16.9 Å². The van der Waals surface area contributed by atoms with Gasteiger partial charge >= 0.3 is 0 Å². The lowest BCUT2D eigenvalue weighted by Gasteiger charge is -2.39. The van der Waals surface area contributed by atoms with Crippen LogP contribution in [-0.2, 0) is 12.8 Å². The molecule has 0 saturated carbocycles. The molecule has 1 aromatic heterocycles. The van der Waals surface area contributed by atoms with E-state index in [2.05, 4.69) is 52.1 Å². The second kappa shape index (κ2) is 5.23. The molecular weight excluding hydrogens is 226 g/mol. The molecule has 17 heavy (non-hydrogen) atoms. The normalized spacial score (nSPS) is 12.5. The number of aryl methyl sites for hydroxylation is 1. The van der Waals surface area contributed by atoms with E-state index < -0.39 is 0 Å². The van der Waals surface area contributed by atoms with Gasteiger partial charge < -0.3 is 0 Å². The minimum absolute atomic E-state index is 0.332. The summed E-state index contributed by atoms with van der Waals surface area (Å²) in [5, 5.41) is 10.9. The Morgan fingerprint density at radius 1 is 1.24 bits per heavy atom. The first-order valence-electron chi connectivity index (χ1n) is 6.19. The molecule has 94 valence electrons. The van der Waals surface area contributed by atoms with Crippen molar-refractivity contribution in [3.8, 4) is 6.07 Å². The Hall–Kier alpha value is -0.810. The van der Waals surface area contributed by atoms with E-state index in [4.69, 9.17) is 5.26 Å². The largest absolute Gasteiger partial charge is 0.198 e. The molecule has 1 nitrogen and oxygen atoms in total. The van der Waals surface area contributed by atoms with Crippen LogP contribution in [0.15, 0.2) is 11.4 Å². The number of thiophene rings is 1. The van der Waals surface area contributed by atoms with Gasteiger partial charge in [-0.2, -0.15) is 5.26 Å². The lowest BCUT2D eigenvalue weighted by atomic mass is 9.66. The first-order valence-corrected chi connectivity index (χ1v) is 7.07. The smallest absolute Gasteiger partial charge is 0.0695 e. The van der Waals surface area contributed by atoms with Crippen LogP contribution < -0.4 is 0 Å². The van der Waals surface area contributed by atoms with Crippen molar-refractivity contribution in [1.82, 2.24) is 0 Å². The Kier molecular flexibility index (Phi) is 4.38. The van der Waals surface area contributed by atoms with Crippen LogP contribution in [0.2, 0.25) is 0 Å². The van der Waals surface area contributed by atoms with E-state index in [1.807, 2.05) is 0 Å². The van der Waals surface area contributed by atoms with Gasteiger partial charge in [0.15, 0.2) is 0 Å². The molecule has 0 N–H and O–H groups in total. The first kappa shape index (κ1) is 14.3. The Morgan fingerprint density at radius 2 is 1.88 bits per heavy atom. The Balaban J connectivity index is 2.59. The first-order chi connectivity index (χ1) is 7.76. The van der Waals surface area contributed by atoms with Crippen LogP contribution in [0.3, 0.4) is 0 Å². The van der Waals surface area contributed by atoms with Crippen molar-refractivity contribution >= 4 is 11.3 Å². The molecule has 0 unspecified atom stereocenters. The number of nitrogens with zero attached hydrogens (tertiary/aromatic N) is 1. The topological polar surface area (TPSA) is 23.8 Å². The second-order valence-corrected chi connectivity index (χ2v) is 7.39. The fraction of sp³-hybridized carbons (Fsp3) is 0.667. The van der Waals surface area contributed by atoms with Crippen LogP contribution in [-0.4, -0.2) is 0 Å². The van der Waals surface area contributed by atoms with Crippen molar-refractivity contribution < 1.29 is 0 Å². The van der Waals surface area contributed by atoms with E-state index >= 15 is 0 Å². The third-order valence-electron chi connectivity index (χ3n) is 4.03. The fourth-order valence-electron chi connectivity index (χ4n) is 1.56. The predicted octanol–water partition coefficient (Wildman–Crippen LogP) is 4.82. The average Bonchev–Trinajstić information content (AvgIpc) is 2.62. The van der Waals surface area contributed by atoms with Crippen molar-refractivity contribution in [3.63, 3.8) is 0 Å². The van der Waals surface area contributed by atoms with Crippen LogP contribution in [0.4, 0.5) is 0 Å². The van der Waals surface area contributed by atoms with Crippen molar-refractivity contribution in [2.45, 2.75) is 53.9 Å². The summed E-state index contributed by atoms with van der Waals surface area (Å²) in [5.41, 5.74) is 2.06. The van der Waals surface area contributed by atoms with Crippen LogP contribution in [0.1, 0.15) is 51.5 Å². The molecule has 0 saturated heterocycles. The van der Waals surface area contributed by atoms with Gasteiger partial charge in [0.1, 0.15) is 0 Å². The maximum atomic E-state index is 8.65. The molecule has 0 fully saturated rings. The summed E-state index contributed by atoms with van der Waals surface area (Å²) in [6.07, 6.45) is 2.86. The van der Waals surface area contributed by atoms with E-state index in [-0.39, 0.29) is 0 Å². The van der Waals surface area contributed by atoms with Gasteiger partial charge in [-0.05, 0) is 40.7 Å². The van der Waals surface area contributed by atoms with Gasteiger partial charge in [0, 0.05) is 4.88 Å². The molecule has 1 rings (SSSR count). The minimum atomic E-state index is 0.332. The third-order valence-corrected chi connectivity index (χ3v) is 5.02. The molecule has 0 bridgehead atoms. The quantitative estimate of drug-likeness (QED) is 0.750. The van der Waals surface area contributed by atoms with Crippen LogP contribution in [0.5, 0.6) is 0 Å². The predicted molar refractivity (Wildman–Crippen MR) is 75.2 cm³/mol. The standard InChI is InChI=1S/C15H23NS/c1-14(2,3)15(4,5)8-6-12-10-13(7-9-16)17-11-12/h10-11H,6-8H2,1-5H3. The summed E-state index contributed by atoms with van der Waals surface area (Å²) in [5.74, 6) is 0. The van der Waals surface area contributed by atoms with E-state index in [0.29, 0.717) is 17.3 Å². The molecule has 0 radical (unpaired) electrons. The maximum absolute atomic E-state index is 8.65. The van der Waals surface area contributed by atoms with E-state index in [1.54, 1.807) is 11.3 Å². The van der Waals surface area contributed by atoms with Crippen LogP contribution >= 0.6 is 11.3 Å². The molecule has 1 aromatic rings. The van der Waals surface area contributed by atoms with Gasteiger partial charge in [-0.25, -0.2) is 0 Å². The zero-order valence-electron chi connectivity index (χ0n) is 11.6. The molecule has 0 spiro atoms.